The number of nitrogens with zero attached hydrogens (tertiary/aromatic N) is 1. The highest BCUT2D eigenvalue weighted by Crippen LogP contribution is 2.09. The monoisotopic (exact) mass is 247 g/mol. The molecule has 6 heteroatoms. The van der Waals surface area contributed by atoms with Crippen LogP contribution in [-0.2, 0) is 0 Å². The van der Waals surface area contributed by atoms with Gasteiger partial charge in [-0.15, -0.1) is 0 Å². The lowest BCUT2D eigenvalue weighted by Crippen LogP contribution is -2.24. The third-order valence-electron chi connectivity index (χ3n) is 2.27. The minimum absolute atomic E-state index is 0.0927. The third kappa shape index (κ3) is 2.60. The van der Waals surface area contributed by atoms with Crippen LogP contribution in [0.5, 0.6) is 0 Å². The molecule has 92 valence electrons. The number of amides is 1. The van der Waals surface area contributed by atoms with E-state index in [9.17, 15) is 14.0 Å². The van der Waals surface area contributed by atoms with E-state index in [1.54, 1.807) is 6.92 Å². The Labute approximate surface area is 102 Å². The van der Waals surface area contributed by atoms with Crippen LogP contribution in [0.4, 0.5) is 10.1 Å². The van der Waals surface area contributed by atoms with E-state index < -0.39 is 17.3 Å². The number of benzene rings is 1. The second-order valence-electron chi connectivity index (χ2n) is 3.67. The first-order valence-electron chi connectivity index (χ1n) is 5.19. The van der Waals surface area contributed by atoms with Crippen molar-refractivity contribution >= 4 is 11.6 Å². The van der Waals surface area contributed by atoms with Crippen molar-refractivity contribution in [2.45, 2.75) is 6.92 Å². The summed E-state index contributed by atoms with van der Waals surface area (Å²) in [5.41, 5.74) is -0.201. The van der Waals surface area contributed by atoms with Gasteiger partial charge in [0.1, 0.15) is 17.2 Å². The van der Waals surface area contributed by atoms with Gasteiger partial charge in [0.05, 0.1) is 0 Å². The molecule has 0 spiro atoms. The van der Waals surface area contributed by atoms with Crippen LogP contribution in [0.25, 0.3) is 0 Å². The van der Waals surface area contributed by atoms with Gasteiger partial charge in [0.2, 0.25) is 0 Å². The van der Waals surface area contributed by atoms with Gasteiger partial charge in [-0.25, -0.2) is 9.37 Å². The van der Waals surface area contributed by atoms with Gasteiger partial charge in [0, 0.05) is 11.9 Å². The predicted molar refractivity (Wildman–Crippen MR) is 63.9 cm³/mol. The van der Waals surface area contributed by atoms with Gasteiger partial charge in [-0.3, -0.25) is 9.59 Å². The van der Waals surface area contributed by atoms with Gasteiger partial charge >= 0.3 is 0 Å². The summed E-state index contributed by atoms with van der Waals surface area (Å²) in [5, 5.41) is 2.48. The Kier molecular flexibility index (Phi) is 3.18. The zero-order chi connectivity index (χ0) is 13.1. The molecule has 0 unspecified atom stereocenters. The Morgan fingerprint density at radius 3 is 2.61 bits per heavy atom. The van der Waals surface area contributed by atoms with E-state index in [1.807, 2.05) is 0 Å². The van der Waals surface area contributed by atoms with Crippen LogP contribution in [0.1, 0.15) is 16.2 Å². The Morgan fingerprint density at radius 1 is 1.33 bits per heavy atom. The van der Waals surface area contributed by atoms with Crippen LogP contribution in [0, 0.1) is 12.7 Å². The summed E-state index contributed by atoms with van der Waals surface area (Å²) < 4.78 is 12.7. The number of anilines is 1. The van der Waals surface area contributed by atoms with Gasteiger partial charge in [0.15, 0.2) is 0 Å². The number of carbonyl (C=O) groups is 1. The molecule has 0 radical (unpaired) electrons. The van der Waals surface area contributed by atoms with E-state index in [4.69, 9.17) is 0 Å². The maximum absolute atomic E-state index is 12.7. The Hall–Kier alpha value is -2.50. The zero-order valence-electron chi connectivity index (χ0n) is 9.53. The molecule has 0 aliphatic heterocycles. The largest absolute Gasteiger partial charge is 0.322 e. The quantitative estimate of drug-likeness (QED) is 0.843. The standard InChI is InChI=1S/C12H10FN3O2/c1-7-14-6-10(11(17)15-7)12(18)16-9-4-2-8(13)3-5-9/h2-6H,1H3,(H,16,18)(H,14,15,17). The van der Waals surface area contributed by atoms with Crippen LogP contribution in [0.15, 0.2) is 35.3 Å². The molecule has 2 rings (SSSR count). The fourth-order valence-electron chi connectivity index (χ4n) is 1.38. The molecular formula is C12H10FN3O2. The van der Waals surface area contributed by atoms with E-state index in [1.165, 1.54) is 30.5 Å². The smallest absolute Gasteiger partial charge is 0.263 e. The normalized spacial score (nSPS) is 10.1. The minimum Gasteiger partial charge on any atom is -0.322 e. The molecule has 18 heavy (non-hydrogen) atoms. The number of aromatic amines is 1. The summed E-state index contributed by atoms with van der Waals surface area (Å²) in [5.74, 6) is -0.559. The number of nitrogens with one attached hydrogen (secondary N) is 2. The number of rotatable bonds is 2. The summed E-state index contributed by atoms with van der Waals surface area (Å²) >= 11 is 0. The molecule has 2 N–H and O–H groups in total. The molecule has 0 aliphatic carbocycles. The van der Waals surface area contributed by atoms with E-state index in [2.05, 4.69) is 15.3 Å². The molecule has 1 amide bonds. The zero-order valence-corrected chi connectivity index (χ0v) is 9.53. The molecule has 0 fully saturated rings. The molecule has 5 nitrogen and oxygen atoms in total. The predicted octanol–water partition coefficient (Wildman–Crippen LogP) is 1.47. The second-order valence-corrected chi connectivity index (χ2v) is 3.67. The molecular weight excluding hydrogens is 237 g/mol. The summed E-state index contributed by atoms with van der Waals surface area (Å²) in [6, 6.07) is 5.24. The number of H-pyrrole nitrogens is 1. The first-order chi connectivity index (χ1) is 8.56. The lowest BCUT2D eigenvalue weighted by Gasteiger charge is -2.04. The first kappa shape index (κ1) is 12.0. The van der Waals surface area contributed by atoms with Crippen molar-refractivity contribution in [1.82, 2.24) is 9.97 Å². The minimum atomic E-state index is -0.588. The SMILES string of the molecule is Cc1ncc(C(=O)Nc2ccc(F)cc2)c(=O)[nH]1. The van der Waals surface area contributed by atoms with Crippen LogP contribution < -0.4 is 10.9 Å². The maximum Gasteiger partial charge on any atom is 0.263 e. The number of aromatic nitrogens is 2. The fourth-order valence-corrected chi connectivity index (χ4v) is 1.38. The highest BCUT2D eigenvalue weighted by atomic mass is 19.1. The summed E-state index contributed by atoms with van der Waals surface area (Å²) in [6.45, 7) is 1.61. The van der Waals surface area contributed by atoms with Crippen LogP contribution in [0.2, 0.25) is 0 Å². The molecule has 0 atom stereocenters. The Bertz CT molecular complexity index is 635. The van der Waals surface area contributed by atoms with Gasteiger partial charge < -0.3 is 10.3 Å². The van der Waals surface area contributed by atoms with Crippen molar-refractivity contribution in [1.29, 1.82) is 0 Å². The summed E-state index contributed by atoms with van der Waals surface area (Å²) in [7, 11) is 0. The number of aryl methyl sites for hydroxylation is 1. The van der Waals surface area contributed by atoms with Crippen molar-refractivity contribution in [3.63, 3.8) is 0 Å². The molecule has 1 aromatic carbocycles. The van der Waals surface area contributed by atoms with Crippen molar-refractivity contribution in [3.8, 4) is 0 Å². The molecule has 1 heterocycles. The lowest BCUT2D eigenvalue weighted by molar-refractivity contribution is 0.102. The van der Waals surface area contributed by atoms with E-state index in [-0.39, 0.29) is 5.56 Å². The van der Waals surface area contributed by atoms with E-state index >= 15 is 0 Å². The van der Waals surface area contributed by atoms with Gasteiger partial charge in [0.25, 0.3) is 11.5 Å². The first-order valence-corrected chi connectivity index (χ1v) is 5.19. The average molecular weight is 247 g/mol. The summed E-state index contributed by atoms with van der Waals surface area (Å²) in [4.78, 5) is 29.5. The molecule has 0 saturated heterocycles. The van der Waals surface area contributed by atoms with Gasteiger partial charge in [-0.05, 0) is 31.2 Å². The van der Waals surface area contributed by atoms with Crippen molar-refractivity contribution in [2.75, 3.05) is 5.32 Å². The number of hydrogen-bond acceptors (Lipinski definition) is 3. The van der Waals surface area contributed by atoms with Crippen LogP contribution in [0.3, 0.4) is 0 Å². The Balaban J connectivity index is 2.22. The highest BCUT2D eigenvalue weighted by Gasteiger charge is 2.11. The van der Waals surface area contributed by atoms with Crippen molar-refractivity contribution < 1.29 is 9.18 Å². The maximum atomic E-state index is 12.7. The van der Waals surface area contributed by atoms with E-state index in [0.29, 0.717) is 11.5 Å². The van der Waals surface area contributed by atoms with Crippen molar-refractivity contribution in [2.24, 2.45) is 0 Å². The lowest BCUT2D eigenvalue weighted by atomic mass is 10.2. The highest BCUT2D eigenvalue weighted by molar-refractivity contribution is 6.03. The van der Waals surface area contributed by atoms with Crippen LogP contribution in [-0.4, -0.2) is 15.9 Å². The number of hydrogen-bond donors (Lipinski definition) is 2. The fraction of sp³-hybridized carbons (Fsp3) is 0.0833. The second kappa shape index (κ2) is 4.79. The van der Waals surface area contributed by atoms with Crippen LogP contribution >= 0.6 is 0 Å². The molecule has 0 saturated carbocycles. The molecule has 0 bridgehead atoms. The number of carbonyl (C=O) groups excluding carboxylic acids is 1. The van der Waals surface area contributed by atoms with Gasteiger partial charge in [-0.1, -0.05) is 0 Å². The van der Waals surface area contributed by atoms with Crippen molar-refractivity contribution in [3.05, 3.63) is 58.0 Å². The number of halogens is 1. The van der Waals surface area contributed by atoms with E-state index in [0.717, 1.165) is 0 Å². The third-order valence-corrected chi connectivity index (χ3v) is 2.27. The molecule has 0 aliphatic rings. The Morgan fingerprint density at radius 2 is 2.00 bits per heavy atom. The molecule has 1 aromatic heterocycles. The average Bonchev–Trinajstić information content (AvgIpc) is 2.32. The van der Waals surface area contributed by atoms with Gasteiger partial charge in [-0.2, -0.15) is 0 Å². The molecule has 2 aromatic rings. The topological polar surface area (TPSA) is 74.8 Å². The summed E-state index contributed by atoms with van der Waals surface area (Å²) in [6.07, 6.45) is 1.20.